The number of carbonyl (C=O) groups excluding carboxylic acids is 2. The highest BCUT2D eigenvalue weighted by Crippen LogP contribution is 2.16. The maximum absolute atomic E-state index is 11.9. The van der Waals surface area contributed by atoms with E-state index in [9.17, 15) is 9.59 Å². The summed E-state index contributed by atoms with van der Waals surface area (Å²) in [4.78, 5) is 26.0. The second-order valence-electron chi connectivity index (χ2n) is 5.89. The lowest BCUT2D eigenvalue weighted by Crippen LogP contribution is -2.56. The van der Waals surface area contributed by atoms with E-state index in [0.717, 1.165) is 51.9 Å². The minimum Gasteiger partial charge on any atom is -0.345 e. The van der Waals surface area contributed by atoms with Gasteiger partial charge in [0.15, 0.2) is 0 Å². The van der Waals surface area contributed by atoms with Gasteiger partial charge in [0.05, 0.1) is 0 Å². The van der Waals surface area contributed by atoms with Crippen LogP contribution in [0.5, 0.6) is 0 Å². The molecule has 114 valence electrons. The van der Waals surface area contributed by atoms with Gasteiger partial charge < -0.3 is 10.2 Å². The molecule has 6 heteroatoms. The molecule has 0 unspecified atom stereocenters. The first-order valence-electron chi connectivity index (χ1n) is 7.70. The Bertz CT molecular complexity index is 332. The zero-order valence-electron chi connectivity index (χ0n) is 12.4. The molecule has 0 aromatic rings. The Hall–Kier alpha value is -1.14. The van der Waals surface area contributed by atoms with Crippen molar-refractivity contribution in [2.24, 2.45) is 0 Å². The van der Waals surface area contributed by atoms with E-state index in [-0.39, 0.29) is 6.04 Å². The molecule has 6 nitrogen and oxygen atoms in total. The van der Waals surface area contributed by atoms with Crippen molar-refractivity contribution >= 4 is 11.8 Å². The lowest BCUT2D eigenvalue weighted by molar-refractivity contribution is -0.143. The lowest BCUT2D eigenvalue weighted by atomic mass is 10.1. The normalized spacial score (nSPS) is 23.1. The number of hydrogen-bond donors (Lipinski definition) is 2. The largest absolute Gasteiger partial charge is 0.345 e. The van der Waals surface area contributed by atoms with Crippen molar-refractivity contribution in [3.63, 3.8) is 0 Å². The number of rotatable bonds is 2. The second kappa shape index (κ2) is 7.59. The number of hydrazine groups is 1. The van der Waals surface area contributed by atoms with Crippen molar-refractivity contribution in [3.8, 4) is 0 Å². The Morgan fingerprint density at radius 2 is 1.50 bits per heavy atom. The summed E-state index contributed by atoms with van der Waals surface area (Å²) in [5.41, 5.74) is 2.70. The minimum atomic E-state index is -0.529. The molecule has 1 aliphatic heterocycles. The molecule has 0 bridgehead atoms. The van der Waals surface area contributed by atoms with Gasteiger partial charge in [-0.15, -0.1) is 0 Å². The first-order valence-corrected chi connectivity index (χ1v) is 7.70. The van der Waals surface area contributed by atoms with E-state index in [1.165, 1.54) is 12.8 Å². The van der Waals surface area contributed by atoms with Crippen LogP contribution in [-0.4, -0.2) is 61.0 Å². The summed E-state index contributed by atoms with van der Waals surface area (Å²) in [5.74, 6) is -1.02. The number of hydrogen-bond acceptors (Lipinski definition) is 4. The average molecular weight is 282 g/mol. The molecular weight excluding hydrogens is 256 g/mol. The highest BCUT2D eigenvalue weighted by Gasteiger charge is 2.22. The minimum absolute atomic E-state index is 0.170. The van der Waals surface area contributed by atoms with Crippen molar-refractivity contribution < 1.29 is 9.59 Å². The van der Waals surface area contributed by atoms with Crippen LogP contribution in [0.3, 0.4) is 0 Å². The van der Waals surface area contributed by atoms with Crippen molar-refractivity contribution in [1.82, 2.24) is 20.7 Å². The third-order valence-electron chi connectivity index (χ3n) is 4.16. The summed E-state index contributed by atoms with van der Waals surface area (Å²) >= 11 is 0. The molecule has 0 radical (unpaired) electrons. The molecule has 0 spiro atoms. The molecule has 2 amide bonds. The maximum Gasteiger partial charge on any atom is 0.323 e. The predicted molar refractivity (Wildman–Crippen MR) is 76.8 cm³/mol. The fourth-order valence-corrected chi connectivity index (χ4v) is 2.79. The SMILES string of the molecule is CN1CCN(NC(=O)C(=O)NC2CCCCCC2)CC1. The van der Waals surface area contributed by atoms with E-state index in [1.54, 1.807) is 0 Å². The molecule has 1 heterocycles. The van der Waals surface area contributed by atoms with Crippen LogP contribution in [0, 0.1) is 0 Å². The quantitative estimate of drug-likeness (QED) is 0.557. The Morgan fingerprint density at radius 1 is 0.900 bits per heavy atom. The third kappa shape index (κ3) is 4.76. The summed E-state index contributed by atoms with van der Waals surface area (Å²) < 4.78 is 0. The van der Waals surface area contributed by atoms with Crippen LogP contribution in [0.15, 0.2) is 0 Å². The zero-order chi connectivity index (χ0) is 14.4. The monoisotopic (exact) mass is 282 g/mol. The summed E-state index contributed by atoms with van der Waals surface area (Å²) in [6.45, 7) is 3.34. The molecule has 2 N–H and O–H groups in total. The first kappa shape index (κ1) is 15.3. The van der Waals surface area contributed by atoms with Gasteiger partial charge in [-0.2, -0.15) is 0 Å². The second-order valence-corrected chi connectivity index (χ2v) is 5.89. The van der Waals surface area contributed by atoms with E-state index < -0.39 is 11.8 Å². The maximum atomic E-state index is 11.9. The van der Waals surface area contributed by atoms with E-state index in [4.69, 9.17) is 0 Å². The molecule has 2 rings (SSSR count). The van der Waals surface area contributed by atoms with Gasteiger partial charge in [-0.3, -0.25) is 15.0 Å². The van der Waals surface area contributed by atoms with Crippen LogP contribution in [0.4, 0.5) is 0 Å². The van der Waals surface area contributed by atoms with E-state index in [2.05, 4.69) is 22.7 Å². The van der Waals surface area contributed by atoms with Gasteiger partial charge in [-0.1, -0.05) is 25.7 Å². The molecule has 1 aliphatic carbocycles. The zero-order valence-corrected chi connectivity index (χ0v) is 12.4. The van der Waals surface area contributed by atoms with Crippen molar-refractivity contribution in [2.75, 3.05) is 33.2 Å². The smallest absolute Gasteiger partial charge is 0.323 e. The Morgan fingerprint density at radius 3 is 2.10 bits per heavy atom. The first-order chi connectivity index (χ1) is 9.65. The lowest BCUT2D eigenvalue weighted by Gasteiger charge is -2.32. The molecule has 2 fully saturated rings. The number of carbonyl (C=O) groups is 2. The molecule has 1 saturated heterocycles. The van der Waals surface area contributed by atoms with Gasteiger partial charge >= 0.3 is 11.8 Å². The van der Waals surface area contributed by atoms with E-state index in [0.29, 0.717) is 0 Å². The molecule has 0 aromatic carbocycles. The number of likely N-dealkylation sites (N-methyl/N-ethyl adjacent to an activating group) is 1. The molecule has 0 atom stereocenters. The van der Waals surface area contributed by atoms with Gasteiger partial charge in [-0.05, 0) is 19.9 Å². The molecule has 20 heavy (non-hydrogen) atoms. The summed E-state index contributed by atoms with van der Waals surface area (Å²) in [7, 11) is 2.05. The van der Waals surface area contributed by atoms with E-state index >= 15 is 0 Å². The summed E-state index contributed by atoms with van der Waals surface area (Å²) in [5, 5.41) is 4.70. The van der Waals surface area contributed by atoms with Crippen LogP contribution in [0.2, 0.25) is 0 Å². The van der Waals surface area contributed by atoms with Gasteiger partial charge in [0.25, 0.3) is 0 Å². The van der Waals surface area contributed by atoms with Gasteiger partial charge in [0.1, 0.15) is 0 Å². The Labute approximate surface area is 120 Å². The van der Waals surface area contributed by atoms with Crippen molar-refractivity contribution in [1.29, 1.82) is 0 Å². The fourth-order valence-electron chi connectivity index (χ4n) is 2.79. The number of nitrogens with one attached hydrogen (secondary N) is 2. The van der Waals surface area contributed by atoms with Gasteiger partial charge in [0, 0.05) is 32.2 Å². The van der Waals surface area contributed by atoms with Crippen molar-refractivity contribution in [3.05, 3.63) is 0 Å². The number of nitrogens with zero attached hydrogens (tertiary/aromatic N) is 2. The van der Waals surface area contributed by atoms with Crippen LogP contribution in [-0.2, 0) is 9.59 Å². The Kier molecular flexibility index (Phi) is 5.79. The molecule has 1 saturated carbocycles. The third-order valence-corrected chi connectivity index (χ3v) is 4.16. The highest BCUT2D eigenvalue weighted by molar-refractivity contribution is 6.35. The average Bonchev–Trinajstić information content (AvgIpc) is 2.70. The Balaban J connectivity index is 1.72. The van der Waals surface area contributed by atoms with Gasteiger partial charge in [-0.25, -0.2) is 5.01 Å². The van der Waals surface area contributed by atoms with Crippen LogP contribution >= 0.6 is 0 Å². The van der Waals surface area contributed by atoms with Gasteiger partial charge in [0.2, 0.25) is 0 Å². The number of amides is 2. The summed E-state index contributed by atoms with van der Waals surface area (Å²) in [6, 6.07) is 0.170. The summed E-state index contributed by atoms with van der Waals surface area (Å²) in [6.07, 6.45) is 6.75. The molecular formula is C14H26N4O2. The fraction of sp³-hybridized carbons (Fsp3) is 0.857. The van der Waals surface area contributed by atoms with Crippen LogP contribution in [0.25, 0.3) is 0 Å². The van der Waals surface area contributed by atoms with E-state index in [1.807, 2.05) is 5.01 Å². The van der Waals surface area contributed by atoms with Crippen molar-refractivity contribution in [2.45, 2.75) is 44.6 Å². The predicted octanol–water partition coefficient (Wildman–Crippen LogP) is 0.104. The van der Waals surface area contributed by atoms with Crippen LogP contribution < -0.4 is 10.7 Å². The molecule has 2 aliphatic rings. The molecule has 0 aromatic heterocycles. The van der Waals surface area contributed by atoms with Crippen LogP contribution in [0.1, 0.15) is 38.5 Å². The highest BCUT2D eigenvalue weighted by atomic mass is 16.2. The number of piperazine rings is 1. The standard InChI is InChI=1S/C14H26N4O2/c1-17-8-10-18(11-9-17)16-14(20)13(19)15-12-6-4-2-3-5-7-12/h12H,2-11H2,1H3,(H,15,19)(H,16,20). The topological polar surface area (TPSA) is 64.7 Å².